The van der Waals surface area contributed by atoms with Crippen LogP contribution in [-0.4, -0.2) is 353 Å². The number of benzene rings is 1. The highest BCUT2D eigenvalue weighted by Crippen LogP contribution is 2.35. The number of carbonyl (C=O) groups is 19. The maximum atomic E-state index is 14.7. The molecular formula is C97H155N11O38. The van der Waals surface area contributed by atoms with Crippen LogP contribution in [0.3, 0.4) is 0 Å². The fraction of sp³-hybridized carbons (Fsp3) is 0.742. The van der Waals surface area contributed by atoms with Gasteiger partial charge in [0.25, 0.3) is 12.3 Å². The van der Waals surface area contributed by atoms with Gasteiger partial charge in [0, 0.05) is 204 Å². The maximum absolute atomic E-state index is 14.7. The van der Waals surface area contributed by atoms with E-state index in [4.69, 9.17) is 90.0 Å². The average molecular weight is 2080 g/mol. The fourth-order valence-electron chi connectivity index (χ4n) is 15.8. The van der Waals surface area contributed by atoms with Crippen LogP contribution in [0.5, 0.6) is 5.75 Å². The first-order chi connectivity index (χ1) is 69.3. The Morgan fingerprint density at radius 3 is 0.973 bits per heavy atom. The van der Waals surface area contributed by atoms with Gasteiger partial charge in [0.2, 0.25) is 53.2 Å². The highest BCUT2D eigenvalue weighted by Gasteiger charge is 2.54. The van der Waals surface area contributed by atoms with E-state index in [9.17, 15) is 91.1 Å². The van der Waals surface area contributed by atoms with Gasteiger partial charge in [-0.3, -0.25) is 86.3 Å². The SMILES string of the molecule is CCCOC(Oc1ccc(C(=O)NC(COCCC(=O)NCCCNC(=O)CCCCOC2OC(COC(C)=O)C(OC(C)=O)C(CC(C)=O)C2NC(C)=O)(COCCC(=O)NCCCNC(=O)CCCCOC2OC(COC(C)=O)C(OC(C)=O)C(OC(C)=O)C2NC(C)=O)COCCC(=O)NCCCNC(=O)CCCCOC2OC(COC(C)=O)C(OC(C)=O)C(OC(C)=O)C2NC(C)=O)cc1)N(C(C)C)C(C)C. The van der Waals surface area contributed by atoms with Gasteiger partial charge in [0.05, 0.1) is 52.3 Å². The molecule has 4 rings (SSSR count). The molecule has 16 atom stereocenters. The minimum absolute atomic E-state index is 0.0173. The lowest BCUT2D eigenvalue weighted by Crippen LogP contribution is -2.66. The molecule has 0 bridgehead atoms. The Labute approximate surface area is 851 Å². The average Bonchev–Trinajstić information content (AvgIpc) is 0.791. The molecule has 16 unspecified atom stereocenters. The van der Waals surface area contributed by atoms with Crippen LogP contribution in [-0.2, 0) is 172 Å². The molecule has 49 heteroatoms. The number of esters is 8. The van der Waals surface area contributed by atoms with Crippen LogP contribution in [0.25, 0.3) is 0 Å². The second-order valence-electron chi connectivity index (χ2n) is 35.9. The van der Waals surface area contributed by atoms with Crippen LogP contribution in [0.1, 0.15) is 237 Å². The van der Waals surface area contributed by atoms with Crippen molar-refractivity contribution in [1.82, 2.24) is 58.1 Å². The lowest BCUT2D eigenvalue weighted by Gasteiger charge is -2.45. The summed E-state index contributed by atoms with van der Waals surface area (Å²) < 4.78 is 110. The molecule has 146 heavy (non-hydrogen) atoms. The van der Waals surface area contributed by atoms with Gasteiger partial charge < -0.3 is 148 Å². The smallest absolute Gasteiger partial charge is 0.303 e. The van der Waals surface area contributed by atoms with Crippen molar-refractivity contribution >= 4 is 113 Å². The number of hydrogen-bond acceptors (Lipinski definition) is 39. The van der Waals surface area contributed by atoms with Gasteiger partial charge in [-0.1, -0.05) is 6.92 Å². The Morgan fingerprint density at radius 2 is 0.664 bits per heavy atom. The number of rotatable bonds is 71. The molecule has 3 saturated heterocycles. The van der Waals surface area contributed by atoms with Crippen molar-refractivity contribution in [2.24, 2.45) is 5.92 Å². The normalized spacial score (nSPS) is 21.2. The van der Waals surface area contributed by atoms with Crippen LogP contribution in [0.2, 0.25) is 0 Å². The second-order valence-corrected chi connectivity index (χ2v) is 35.9. The van der Waals surface area contributed by atoms with Crippen molar-refractivity contribution in [2.45, 2.75) is 337 Å². The highest BCUT2D eigenvalue weighted by molar-refractivity contribution is 5.95. The molecule has 10 N–H and O–H groups in total. The Bertz CT molecular complexity index is 3950. The summed E-state index contributed by atoms with van der Waals surface area (Å²) in [5.74, 6) is -10.9. The van der Waals surface area contributed by atoms with Crippen molar-refractivity contribution in [3.05, 3.63) is 29.8 Å². The third kappa shape index (κ3) is 51.9. The summed E-state index contributed by atoms with van der Waals surface area (Å²) >= 11 is 0. The summed E-state index contributed by atoms with van der Waals surface area (Å²) in [6.45, 7) is 22.6. The molecule has 0 aromatic heterocycles. The van der Waals surface area contributed by atoms with Gasteiger partial charge in [-0.15, -0.1) is 0 Å². The van der Waals surface area contributed by atoms with E-state index in [1.807, 2.05) is 34.6 Å². The van der Waals surface area contributed by atoms with Crippen molar-refractivity contribution in [3.8, 4) is 5.75 Å². The zero-order valence-corrected chi connectivity index (χ0v) is 87.1. The Balaban J connectivity index is 1.45. The first-order valence-electron chi connectivity index (χ1n) is 49.5. The molecule has 10 amide bonds. The summed E-state index contributed by atoms with van der Waals surface area (Å²) in [4.78, 5) is 242. The van der Waals surface area contributed by atoms with Crippen LogP contribution in [0, 0.1) is 5.92 Å². The predicted octanol–water partition coefficient (Wildman–Crippen LogP) is 1.64. The molecule has 0 radical (unpaired) electrons. The van der Waals surface area contributed by atoms with E-state index in [2.05, 4.69) is 58.1 Å². The third-order valence-corrected chi connectivity index (χ3v) is 22.1. The topological polar surface area (TPSA) is 623 Å². The summed E-state index contributed by atoms with van der Waals surface area (Å²) in [7, 11) is 0. The monoisotopic (exact) mass is 2080 g/mol. The van der Waals surface area contributed by atoms with Gasteiger partial charge in [-0.25, -0.2) is 4.90 Å². The maximum Gasteiger partial charge on any atom is 0.303 e. The lowest BCUT2D eigenvalue weighted by molar-refractivity contribution is -0.277. The molecule has 3 aliphatic rings. The minimum atomic E-state index is -1.61. The first-order valence-corrected chi connectivity index (χ1v) is 49.5. The van der Waals surface area contributed by atoms with Crippen molar-refractivity contribution in [1.29, 1.82) is 0 Å². The third-order valence-electron chi connectivity index (χ3n) is 22.1. The zero-order chi connectivity index (χ0) is 108. The first kappa shape index (κ1) is 127. The zero-order valence-electron chi connectivity index (χ0n) is 87.1. The summed E-state index contributed by atoms with van der Waals surface area (Å²) in [6.07, 6.45) is -11.2. The van der Waals surface area contributed by atoms with Gasteiger partial charge in [-0.05, 0) is 123 Å². The van der Waals surface area contributed by atoms with E-state index in [0.717, 1.165) is 41.5 Å². The van der Waals surface area contributed by atoms with Gasteiger partial charge in [0.1, 0.15) is 73.4 Å². The summed E-state index contributed by atoms with van der Waals surface area (Å²) in [5, 5.41) is 27.9. The van der Waals surface area contributed by atoms with Crippen molar-refractivity contribution in [2.75, 3.05) is 125 Å². The molecule has 3 fully saturated rings. The predicted molar refractivity (Wildman–Crippen MR) is 512 cm³/mol. The molecule has 0 saturated carbocycles. The number of ether oxygens (including phenoxy) is 19. The van der Waals surface area contributed by atoms with Gasteiger partial charge >= 0.3 is 47.8 Å². The van der Waals surface area contributed by atoms with Crippen LogP contribution < -0.4 is 57.9 Å². The molecule has 3 heterocycles. The van der Waals surface area contributed by atoms with E-state index in [0.29, 0.717) is 76.6 Å². The number of ketones is 1. The van der Waals surface area contributed by atoms with Crippen LogP contribution >= 0.6 is 0 Å². The molecule has 1 aromatic carbocycles. The Hall–Kier alpha value is -11.3. The Morgan fingerprint density at radius 1 is 0.356 bits per heavy atom. The Kier molecular flexibility index (Phi) is 60.7. The molecule has 0 aliphatic carbocycles. The van der Waals surface area contributed by atoms with E-state index >= 15 is 0 Å². The fourth-order valence-corrected chi connectivity index (χ4v) is 15.8. The number of nitrogens with one attached hydrogen (secondary N) is 10. The second kappa shape index (κ2) is 69.8. The number of hydrogen-bond donors (Lipinski definition) is 10. The molecule has 1 aromatic rings. The van der Waals surface area contributed by atoms with E-state index in [1.165, 1.54) is 41.5 Å². The molecule has 826 valence electrons. The molecule has 0 spiro atoms. The summed E-state index contributed by atoms with van der Waals surface area (Å²) in [6, 6.07) is 3.02. The number of Topliss-reactive ketones (excluding diaryl/α,β-unsaturated/α-hetero) is 1. The number of unbranched alkanes of at least 4 members (excludes halogenated alkanes) is 3. The van der Waals surface area contributed by atoms with Crippen molar-refractivity contribution in [3.63, 3.8) is 0 Å². The van der Waals surface area contributed by atoms with Crippen molar-refractivity contribution < 1.29 is 181 Å². The van der Waals surface area contributed by atoms with Gasteiger partial charge in [0.15, 0.2) is 43.3 Å². The quantitative estimate of drug-likeness (QED) is 0.0192. The standard InChI is InChI=1S/C97H155N11O38/c1-18-44-134-96(108(58(2)3)59(4)5)143-73-33-31-72(32-34-73)92(127)107-97(55-128-48-35-81(124)101-41-25-38-98-78(121)28-19-22-45-131-93-84(104-61(7)110)74(51-60(6)109)87(138-67(13)116)75(144-93)52-135-64(10)113,56-129-49-36-82(125)102-42-26-39-99-79(122)29-20-23-46-132-94-85(105-62(8)111)90(141-70(16)119)88(139-68(14)117)76(145-94)53-136-65(11)114)57-130-50-37-83(126)103-43-27-40-100-80(123)30-21-24-47-133-95-86(106-63(9)112)91(142-71(17)120)89(140-69(15)118)77(146-95)54-137-66(12)115/h31-34,58-59,74-77,84-91,93-96H,18-30,35-57H2,1-17H3,(H,98,121)(H,99,122)(H,100,123)(H,101,124)(H,102,125)(H,103,126)(H,104,110)(H,105,111)(H,106,112)(H,107,127). The van der Waals surface area contributed by atoms with E-state index < -0.39 is 206 Å². The molecular weight excluding hydrogens is 1930 g/mol. The molecule has 3 aliphatic heterocycles. The van der Waals surface area contributed by atoms with Crippen LogP contribution in [0.15, 0.2) is 24.3 Å². The number of amides is 10. The number of nitrogens with zero attached hydrogens (tertiary/aromatic N) is 1. The minimum Gasteiger partial charge on any atom is -0.463 e. The van der Waals surface area contributed by atoms with Gasteiger partial charge in [-0.2, -0.15) is 0 Å². The van der Waals surface area contributed by atoms with E-state index in [1.54, 1.807) is 24.3 Å². The van der Waals surface area contributed by atoms with Crippen LogP contribution in [0.4, 0.5) is 0 Å². The largest absolute Gasteiger partial charge is 0.463 e. The van der Waals surface area contributed by atoms with E-state index in [-0.39, 0.29) is 191 Å². The number of carbonyl (C=O) groups excluding carboxylic acids is 19. The lowest BCUT2D eigenvalue weighted by atomic mass is 9.83. The summed E-state index contributed by atoms with van der Waals surface area (Å²) in [5.41, 5.74) is -1.46. The highest BCUT2D eigenvalue weighted by atomic mass is 16.7. The molecule has 49 nitrogen and oxygen atoms in total.